The Hall–Kier alpha value is -1.86. The lowest BCUT2D eigenvalue weighted by Crippen LogP contribution is -2.26. The molecule has 3 N–H and O–H groups in total. The van der Waals surface area contributed by atoms with Crippen molar-refractivity contribution in [1.82, 2.24) is 0 Å². The quantitative estimate of drug-likeness (QED) is 0.335. The summed E-state index contributed by atoms with van der Waals surface area (Å²) in [6.07, 6.45) is 1.31. The van der Waals surface area contributed by atoms with Gasteiger partial charge in [0.05, 0.1) is 11.1 Å². The number of pyridine rings is 1. The van der Waals surface area contributed by atoms with Crippen LogP contribution in [0.1, 0.15) is 5.56 Å². The second kappa shape index (κ2) is 3.57. The molecule has 7 heteroatoms. The van der Waals surface area contributed by atoms with Gasteiger partial charge in [0.1, 0.15) is 4.90 Å². The smallest absolute Gasteiger partial charge is 0.296 e. The van der Waals surface area contributed by atoms with Gasteiger partial charge in [-0.25, -0.2) is 0 Å². The van der Waals surface area contributed by atoms with Gasteiger partial charge in [-0.05, 0) is 18.6 Å². The zero-order valence-electron chi connectivity index (χ0n) is 8.91. The summed E-state index contributed by atoms with van der Waals surface area (Å²) in [5, 5.41) is 11.9. The fourth-order valence-electron chi connectivity index (χ4n) is 1.66. The molecule has 1 aromatic carbocycles. The molecule has 1 heterocycles. The molecule has 0 unspecified atom stereocenters. The molecular formula is C10H10N2O4S. The first-order valence-electron chi connectivity index (χ1n) is 4.70. The summed E-state index contributed by atoms with van der Waals surface area (Å²) in [6.45, 7) is 1.73. The normalized spacial score (nSPS) is 11.9. The van der Waals surface area contributed by atoms with Crippen molar-refractivity contribution in [3.8, 4) is 0 Å². The molecule has 0 fully saturated rings. The number of rotatable bonds is 1. The molecule has 0 aliphatic carbocycles. The van der Waals surface area contributed by atoms with Crippen molar-refractivity contribution in [2.75, 3.05) is 5.73 Å². The Balaban J connectivity index is 2.95. The van der Waals surface area contributed by atoms with E-state index in [9.17, 15) is 13.6 Å². The molecule has 90 valence electrons. The van der Waals surface area contributed by atoms with Crippen LogP contribution in [-0.4, -0.2) is 13.0 Å². The minimum atomic E-state index is -4.39. The summed E-state index contributed by atoms with van der Waals surface area (Å²) in [6, 6.07) is 3.99. The molecule has 0 spiro atoms. The van der Waals surface area contributed by atoms with Crippen LogP contribution in [0.4, 0.5) is 5.69 Å². The molecule has 0 saturated carbocycles. The Morgan fingerprint density at radius 2 is 2.06 bits per heavy atom. The van der Waals surface area contributed by atoms with E-state index in [2.05, 4.69) is 0 Å². The average Bonchev–Trinajstić information content (AvgIpc) is 2.21. The Kier molecular flexibility index (Phi) is 2.44. The van der Waals surface area contributed by atoms with Crippen LogP contribution in [0.5, 0.6) is 0 Å². The highest BCUT2D eigenvalue weighted by Gasteiger charge is 2.18. The number of fused-ring (bicyclic) bond motifs is 1. The van der Waals surface area contributed by atoms with Gasteiger partial charge in [-0.3, -0.25) is 4.55 Å². The molecular weight excluding hydrogens is 244 g/mol. The van der Waals surface area contributed by atoms with Gasteiger partial charge in [-0.2, -0.15) is 13.1 Å². The highest BCUT2D eigenvalue weighted by Crippen LogP contribution is 2.25. The first-order valence-corrected chi connectivity index (χ1v) is 6.14. The highest BCUT2D eigenvalue weighted by atomic mass is 32.2. The number of benzene rings is 1. The summed E-state index contributed by atoms with van der Waals surface area (Å²) < 4.78 is 31.8. The zero-order chi connectivity index (χ0) is 12.8. The van der Waals surface area contributed by atoms with Crippen LogP contribution in [0.2, 0.25) is 0 Å². The van der Waals surface area contributed by atoms with E-state index in [0.29, 0.717) is 10.1 Å². The van der Waals surface area contributed by atoms with Gasteiger partial charge in [-0.1, -0.05) is 0 Å². The summed E-state index contributed by atoms with van der Waals surface area (Å²) in [7, 11) is -4.39. The standard InChI is InChI=1S/C10H10N2O4S/c1-6-2-3-12(13)9-5-8(11)10(4-7(6)9)17(14,15)16/h2-5H,11H2,1H3,(H,14,15,16). The van der Waals surface area contributed by atoms with Gasteiger partial charge < -0.3 is 10.9 Å². The molecule has 0 aliphatic rings. The number of hydrogen-bond acceptors (Lipinski definition) is 4. The van der Waals surface area contributed by atoms with E-state index < -0.39 is 10.1 Å². The van der Waals surface area contributed by atoms with Gasteiger partial charge >= 0.3 is 0 Å². The summed E-state index contributed by atoms with van der Waals surface area (Å²) in [5.74, 6) is 0. The van der Waals surface area contributed by atoms with Crippen molar-refractivity contribution in [1.29, 1.82) is 0 Å². The van der Waals surface area contributed by atoms with Gasteiger partial charge in [0.2, 0.25) is 5.52 Å². The summed E-state index contributed by atoms with van der Waals surface area (Å²) in [5.41, 5.74) is 6.32. The summed E-state index contributed by atoms with van der Waals surface area (Å²) in [4.78, 5) is -0.390. The predicted octanol–water partition coefficient (Wildman–Crippen LogP) is 0.611. The Bertz CT molecular complexity index is 710. The fraction of sp³-hybridized carbons (Fsp3) is 0.100. The van der Waals surface area contributed by atoms with Gasteiger partial charge in [-0.15, -0.1) is 0 Å². The van der Waals surface area contributed by atoms with Crippen LogP contribution in [0.3, 0.4) is 0 Å². The molecule has 2 rings (SSSR count). The van der Waals surface area contributed by atoms with Crippen molar-refractivity contribution in [2.24, 2.45) is 0 Å². The Morgan fingerprint density at radius 3 is 2.65 bits per heavy atom. The lowest BCUT2D eigenvalue weighted by molar-refractivity contribution is -0.577. The third-order valence-corrected chi connectivity index (χ3v) is 3.44. The molecule has 0 saturated heterocycles. The van der Waals surface area contributed by atoms with E-state index in [1.165, 1.54) is 18.3 Å². The molecule has 0 radical (unpaired) electrons. The van der Waals surface area contributed by atoms with Crippen LogP contribution in [0.25, 0.3) is 10.9 Å². The fourth-order valence-corrected chi connectivity index (χ4v) is 2.28. The van der Waals surface area contributed by atoms with Crippen molar-refractivity contribution in [3.63, 3.8) is 0 Å². The number of nitrogens with two attached hydrogens (primary N) is 1. The molecule has 1 aromatic heterocycles. The lowest BCUT2D eigenvalue weighted by Gasteiger charge is -2.07. The predicted molar refractivity (Wildman–Crippen MR) is 61.9 cm³/mol. The maximum atomic E-state index is 11.5. The van der Waals surface area contributed by atoms with Crippen molar-refractivity contribution >= 4 is 26.7 Å². The molecule has 0 aliphatic heterocycles. The third kappa shape index (κ3) is 1.90. The van der Waals surface area contributed by atoms with Crippen LogP contribution in [-0.2, 0) is 10.1 Å². The van der Waals surface area contributed by atoms with Crippen molar-refractivity contribution < 1.29 is 17.7 Å². The van der Waals surface area contributed by atoms with E-state index in [0.717, 1.165) is 5.56 Å². The Labute approximate surface area is 97.6 Å². The monoisotopic (exact) mass is 254 g/mol. The highest BCUT2D eigenvalue weighted by molar-refractivity contribution is 7.86. The minimum Gasteiger partial charge on any atom is -0.618 e. The van der Waals surface area contributed by atoms with Crippen molar-refractivity contribution in [3.05, 3.63) is 35.2 Å². The van der Waals surface area contributed by atoms with Crippen molar-refractivity contribution in [2.45, 2.75) is 11.8 Å². The first-order chi connectivity index (χ1) is 7.80. The van der Waals surface area contributed by atoms with E-state index in [1.807, 2.05) is 0 Å². The SMILES string of the molecule is Cc1cc[n+]([O-])c2cc(N)c(S(=O)(=O)O)cc12. The lowest BCUT2D eigenvalue weighted by atomic mass is 10.1. The second-order valence-corrected chi connectivity index (χ2v) is 5.10. The first kappa shape index (κ1) is 11.6. The topological polar surface area (TPSA) is 107 Å². The minimum absolute atomic E-state index is 0.157. The molecule has 0 bridgehead atoms. The number of hydrogen-bond donors (Lipinski definition) is 2. The van der Waals surface area contributed by atoms with Crippen LogP contribution in [0.15, 0.2) is 29.3 Å². The van der Waals surface area contributed by atoms with Crippen LogP contribution in [0, 0.1) is 12.1 Å². The van der Waals surface area contributed by atoms with E-state index >= 15 is 0 Å². The maximum Gasteiger partial charge on any atom is 0.296 e. The number of aryl methyl sites for hydroxylation is 1. The van der Waals surface area contributed by atoms with Gasteiger partial charge in [0.15, 0.2) is 6.20 Å². The molecule has 2 aromatic rings. The van der Waals surface area contributed by atoms with E-state index in [4.69, 9.17) is 10.3 Å². The third-order valence-electron chi connectivity index (χ3n) is 2.53. The van der Waals surface area contributed by atoms with E-state index in [1.54, 1.807) is 13.0 Å². The zero-order valence-corrected chi connectivity index (χ0v) is 9.73. The number of nitrogen functional groups attached to an aromatic ring is 1. The van der Waals surface area contributed by atoms with Gasteiger partial charge in [0, 0.05) is 12.1 Å². The molecule has 0 atom stereocenters. The second-order valence-electron chi connectivity index (χ2n) is 3.71. The van der Waals surface area contributed by atoms with Crippen LogP contribution >= 0.6 is 0 Å². The van der Waals surface area contributed by atoms with Crippen LogP contribution < -0.4 is 10.5 Å². The Morgan fingerprint density at radius 1 is 1.41 bits per heavy atom. The van der Waals surface area contributed by atoms with E-state index in [-0.39, 0.29) is 16.1 Å². The number of nitrogens with zero attached hydrogens (tertiary/aromatic N) is 1. The number of anilines is 1. The van der Waals surface area contributed by atoms with Gasteiger partial charge in [0.25, 0.3) is 10.1 Å². The largest absolute Gasteiger partial charge is 0.618 e. The maximum absolute atomic E-state index is 11.5. The molecule has 0 amide bonds. The average molecular weight is 254 g/mol. The number of aromatic nitrogens is 1. The molecule has 17 heavy (non-hydrogen) atoms. The molecule has 6 nitrogen and oxygen atoms in total. The summed E-state index contributed by atoms with van der Waals surface area (Å²) >= 11 is 0.